The van der Waals surface area contributed by atoms with Crippen molar-refractivity contribution in [2.24, 2.45) is 5.92 Å². The molecule has 0 bridgehead atoms. The third kappa shape index (κ3) is 6.00. The second-order valence-corrected chi connectivity index (χ2v) is 11.1. The van der Waals surface area contributed by atoms with Crippen molar-refractivity contribution in [1.29, 1.82) is 0 Å². The van der Waals surface area contributed by atoms with Crippen molar-refractivity contribution in [3.63, 3.8) is 0 Å². The third-order valence-corrected chi connectivity index (χ3v) is 8.52. The molecule has 1 unspecified atom stereocenters. The molecular weight excluding hydrogens is 464 g/mol. The van der Waals surface area contributed by atoms with Crippen LogP contribution in [0.15, 0.2) is 97.1 Å². The molecule has 0 radical (unpaired) electrons. The summed E-state index contributed by atoms with van der Waals surface area (Å²) in [6.45, 7) is 5.24. The monoisotopic (exact) mass is 504 g/mol. The van der Waals surface area contributed by atoms with Gasteiger partial charge in [-0.15, -0.1) is 0 Å². The summed E-state index contributed by atoms with van der Waals surface area (Å²) in [6, 6.07) is 35.0. The van der Waals surface area contributed by atoms with E-state index in [1.807, 2.05) is 18.2 Å². The van der Waals surface area contributed by atoms with Gasteiger partial charge in [-0.2, -0.15) is 0 Å². The third-order valence-electron chi connectivity index (χ3n) is 8.52. The minimum absolute atomic E-state index is 0.0220. The van der Waals surface area contributed by atoms with Crippen LogP contribution < -0.4 is 5.32 Å². The summed E-state index contributed by atoms with van der Waals surface area (Å²) in [6.07, 6.45) is 4.36. The Balaban J connectivity index is 1.23. The number of nitrogens with zero attached hydrogens (tertiary/aromatic N) is 1. The number of hydrogen-bond donors (Lipinski definition) is 1. The van der Waals surface area contributed by atoms with Gasteiger partial charge in [-0.3, -0.25) is 9.69 Å². The molecule has 4 atom stereocenters. The second-order valence-electron chi connectivity index (χ2n) is 11.1. The summed E-state index contributed by atoms with van der Waals surface area (Å²) < 4.78 is 0. The first-order valence-corrected chi connectivity index (χ1v) is 14.1. The van der Waals surface area contributed by atoms with Crippen LogP contribution in [0, 0.1) is 5.92 Å². The lowest BCUT2D eigenvalue weighted by Gasteiger charge is -2.32. The normalized spacial score (nSPS) is 19.3. The van der Waals surface area contributed by atoms with Crippen LogP contribution in [0.5, 0.6) is 0 Å². The van der Waals surface area contributed by atoms with E-state index in [-0.39, 0.29) is 23.8 Å². The van der Waals surface area contributed by atoms with Crippen molar-refractivity contribution < 1.29 is 4.79 Å². The van der Waals surface area contributed by atoms with E-state index in [4.69, 9.17) is 0 Å². The molecule has 0 heterocycles. The number of carbonyl (C=O) groups excluding carboxylic acids is 1. The molecule has 0 aliphatic heterocycles. The minimum atomic E-state index is 0.0220. The molecule has 1 amide bonds. The van der Waals surface area contributed by atoms with Gasteiger partial charge in [0.2, 0.25) is 5.91 Å². The first-order valence-electron chi connectivity index (χ1n) is 14.1. The topological polar surface area (TPSA) is 32.3 Å². The van der Waals surface area contributed by atoms with Gasteiger partial charge in [0.25, 0.3) is 0 Å². The van der Waals surface area contributed by atoms with Crippen molar-refractivity contribution >= 4 is 16.7 Å². The summed E-state index contributed by atoms with van der Waals surface area (Å²) in [5.74, 6) is 0.519. The number of amides is 1. The summed E-state index contributed by atoms with van der Waals surface area (Å²) >= 11 is 0. The zero-order valence-corrected chi connectivity index (χ0v) is 22.9. The first kappa shape index (κ1) is 26.2. The van der Waals surface area contributed by atoms with Crippen LogP contribution in [0.1, 0.15) is 79.8 Å². The lowest BCUT2D eigenvalue weighted by atomic mass is 9.74. The Hall–Kier alpha value is -3.43. The number of fused-ring (bicyclic) bond motifs is 1. The second kappa shape index (κ2) is 12.0. The lowest BCUT2D eigenvalue weighted by molar-refractivity contribution is -0.127. The largest absolute Gasteiger partial charge is 0.349 e. The molecule has 1 aliphatic carbocycles. The lowest BCUT2D eigenvalue weighted by Crippen LogP contribution is -2.37. The molecule has 0 spiro atoms. The Kier molecular flexibility index (Phi) is 8.24. The SMILES string of the molecule is CC(c1ccc2ccccc2c1)N(C)Cc1ccc([C@H]2CCCC[C@@H]2C(=O)N[C@H](C)c2ccccc2)cc1. The van der Waals surface area contributed by atoms with Gasteiger partial charge in [0, 0.05) is 18.5 Å². The Morgan fingerprint density at radius 3 is 2.26 bits per heavy atom. The molecule has 1 N–H and O–H groups in total. The highest BCUT2D eigenvalue weighted by molar-refractivity contribution is 5.83. The van der Waals surface area contributed by atoms with Gasteiger partial charge in [-0.1, -0.05) is 104 Å². The van der Waals surface area contributed by atoms with Crippen LogP contribution in [-0.4, -0.2) is 17.9 Å². The van der Waals surface area contributed by atoms with Crippen LogP contribution in [0.2, 0.25) is 0 Å². The quantitative estimate of drug-likeness (QED) is 0.262. The fraction of sp³-hybridized carbons (Fsp3) is 0.343. The van der Waals surface area contributed by atoms with Crippen molar-refractivity contribution in [3.8, 4) is 0 Å². The number of benzene rings is 4. The smallest absolute Gasteiger partial charge is 0.224 e. The first-order chi connectivity index (χ1) is 18.5. The summed E-state index contributed by atoms with van der Waals surface area (Å²) in [5, 5.41) is 5.87. The Morgan fingerprint density at radius 2 is 1.50 bits per heavy atom. The average molecular weight is 505 g/mol. The van der Waals surface area contributed by atoms with Gasteiger partial charge < -0.3 is 5.32 Å². The predicted octanol–water partition coefficient (Wildman–Crippen LogP) is 8.18. The standard InChI is InChI=1S/C35H40N2O/c1-25(28-11-5-4-6-12-28)36-35(38)34-16-10-9-15-33(34)30-19-17-27(18-20-30)24-37(3)26(2)31-22-21-29-13-7-8-14-32(29)23-31/h4-8,11-14,17-23,25-26,33-34H,9-10,15-16,24H2,1-3H3,(H,36,38)/t25-,26?,33-,34+/m1/s1. The fourth-order valence-electron chi connectivity index (χ4n) is 6.01. The summed E-state index contributed by atoms with van der Waals surface area (Å²) in [7, 11) is 2.20. The highest BCUT2D eigenvalue weighted by Crippen LogP contribution is 2.38. The van der Waals surface area contributed by atoms with Gasteiger partial charge in [-0.25, -0.2) is 0 Å². The number of hydrogen-bond acceptors (Lipinski definition) is 2. The number of rotatable bonds is 8. The van der Waals surface area contributed by atoms with Crippen molar-refractivity contribution in [1.82, 2.24) is 10.2 Å². The van der Waals surface area contributed by atoms with Gasteiger partial charge in [0.15, 0.2) is 0 Å². The highest BCUT2D eigenvalue weighted by atomic mass is 16.2. The van der Waals surface area contributed by atoms with Crippen LogP contribution in [0.25, 0.3) is 10.8 Å². The molecule has 3 nitrogen and oxygen atoms in total. The van der Waals surface area contributed by atoms with Crippen molar-refractivity contribution in [3.05, 3.63) is 119 Å². The maximum atomic E-state index is 13.4. The predicted molar refractivity (Wildman–Crippen MR) is 158 cm³/mol. The Morgan fingerprint density at radius 1 is 0.816 bits per heavy atom. The fourth-order valence-corrected chi connectivity index (χ4v) is 6.01. The van der Waals surface area contributed by atoms with Gasteiger partial charge in [-0.05, 0) is 78.7 Å². The number of carbonyl (C=O) groups is 1. The van der Waals surface area contributed by atoms with E-state index in [9.17, 15) is 4.79 Å². The molecule has 38 heavy (non-hydrogen) atoms. The zero-order chi connectivity index (χ0) is 26.5. The molecule has 196 valence electrons. The van der Waals surface area contributed by atoms with Gasteiger partial charge in [0.1, 0.15) is 0 Å². The molecule has 4 aromatic rings. The van der Waals surface area contributed by atoms with E-state index in [0.717, 1.165) is 31.4 Å². The van der Waals surface area contributed by atoms with E-state index in [1.165, 1.54) is 33.9 Å². The maximum absolute atomic E-state index is 13.4. The van der Waals surface area contributed by atoms with E-state index >= 15 is 0 Å². The van der Waals surface area contributed by atoms with E-state index in [0.29, 0.717) is 6.04 Å². The molecule has 1 fully saturated rings. The molecule has 3 heteroatoms. The molecule has 5 rings (SSSR count). The van der Waals surface area contributed by atoms with Crippen LogP contribution in [0.4, 0.5) is 0 Å². The molecule has 4 aromatic carbocycles. The van der Waals surface area contributed by atoms with Crippen LogP contribution >= 0.6 is 0 Å². The minimum Gasteiger partial charge on any atom is -0.349 e. The average Bonchev–Trinajstić information content (AvgIpc) is 2.97. The van der Waals surface area contributed by atoms with Gasteiger partial charge in [0.05, 0.1) is 6.04 Å². The van der Waals surface area contributed by atoms with E-state index in [1.54, 1.807) is 0 Å². The van der Waals surface area contributed by atoms with E-state index < -0.39 is 0 Å². The zero-order valence-electron chi connectivity index (χ0n) is 22.9. The highest BCUT2D eigenvalue weighted by Gasteiger charge is 2.32. The Labute approximate surface area is 227 Å². The summed E-state index contributed by atoms with van der Waals surface area (Å²) in [5.41, 5.74) is 5.09. The molecule has 1 aliphatic rings. The Bertz CT molecular complexity index is 1350. The molecule has 0 saturated heterocycles. The maximum Gasteiger partial charge on any atom is 0.224 e. The van der Waals surface area contributed by atoms with Crippen LogP contribution in [0.3, 0.4) is 0 Å². The number of nitrogens with one attached hydrogen (secondary N) is 1. The molecule has 0 aromatic heterocycles. The van der Waals surface area contributed by atoms with Crippen LogP contribution in [-0.2, 0) is 11.3 Å². The summed E-state index contributed by atoms with van der Waals surface area (Å²) in [4.78, 5) is 15.8. The molecule has 1 saturated carbocycles. The van der Waals surface area contributed by atoms with Gasteiger partial charge >= 0.3 is 0 Å². The van der Waals surface area contributed by atoms with Crippen molar-refractivity contribution in [2.75, 3.05) is 7.05 Å². The van der Waals surface area contributed by atoms with E-state index in [2.05, 4.69) is 110 Å². The molecular formula is C35H40N2O. The van der Waals surface area contributed by atoms with Crippen molar-refractivity contribution in [2.45, 2.75) is 64.1 Å².